The molecule has 120 valence electrons. The quantitative estimate of drug-likeness (QED) is 0.833. The highest BCUT2D eigenvalue weighted by molar-refractivity contribution is 5.44. The maximum Gasteiger partial charge on any atom is 0.406 e. The van der Waals surface area contributed by atoms with Gasteiger partial charge in [0.05, 0.1) is 0 Å². The van der Waals surface area contributed by atoms with Gasteiger partial charge in [-0.25, -0.2) is 0 Å². The Morgan fingerprint density at radius 2 is 1.67 bits per heavy atom. The number of rotatable bonds is 7. The zero-order chi connectivity index (χ0) is 16.0. The Morgan fingerprint density at radius 1 is 1.05 bits per heavy atom. The van der Waals surface area contributed by atoms with Crippen molar-refractivity contribution in [3.8, 4) is 0 Å². The number of hydrogen-bond acceptors (Lipinski definition) is 6. The topological polar surface area (TPSA) is 57.2 Å². The average molecular weight is 306 g/mol. The summed E-state index contributed by atoms with van der Waals surface area (Å²) in [6.45, 7) is 3.38. The van der Waals surface area contributed by atoms with Crippen LogP contribution >= 0.6 is 0 Å². The van der Waals surface area contributed by atoms with Gasteiger partial charge in [0.2, 0.25) is 17.8 Å². The second-order valence-corrected chi connectivity index (χ2v) is 4.72. The molecule has 0 fully saturated rings. The Kier molecular flexibility index (Phi) is 5.98. The van der Waals surface area contributed by atoms with E-state index in [9.17, 15) is 13.2 Å². The van der Waals surface area contributed by atoms with Crippen LogP contribution in [0.4, 0.5) is 31.0 Å². The molecule has 0 bridgehead atoms. The SMILES string of the molecule is CCCN(CC(F)(F)F)c1nc(NCC)nc(N(C)C)n1. The first-order chi connectivity index (χ1) is 9.76. The molecular formula is C12H21F3N6. The van der Waals surface area contributed by atoms with Crippen molar-refractivity contribution in [3.63, 3.8) is 0 Å². The van der Waals surface area contributed by atoms with Gasteiger partial charge in [0.25, 0.3) is 0 Å². The first-order valence-corrected chi connectivity index (χ1v) is 6.75. The van der Waals surface area contributed by atoms with Gasteiger partial charge >= 0.3 is 6.18 Å². The van der Waals surface area contributed by atoms with Crippen LogP contribution in [-0.2, 0) is 0 Å². The molecule has 0 aliphatic rings. The zero-order valence-corrected chi connectivity index (χ0v) is 12.7. The number of hydrogen-bond donors (Lipinski definition) is 1. The van der Waals surface area contributed by atoms with Crippen LogP contribution in [0.3, 0.4) is 0 Å². The monoisotopic (exact) mass is 306 g/mol. The van der Waals surface area contributed by atoms with Gasteiger partial charge in [0.1, 0.15) is 6.54 Å². The predicted octanol–water partition coefficient (Wildman–Crippen LogP) is 2.15. The van der Waals surface area contributed by atoms with Gasteiger partial charge in [-0.15, -0.1) is 0 Å². The number of nitrogens with one attached hydrogen (secondary N) is 1. The molecule has 6 nitrogen and oxygen atoms in total. The molecule has 21 heavy (non-hydrogen) atoms. The minimum absolute atomic E-state index is 0.0313. The summed E-state index contributed by atoms with van der Waals surface area (Å²) in [5.74, 6) is 0.623. The molecule has 1 heterocycles. The van der Waals surface area contributed by atoms with Gasteiger partial charge in [-0.05, 0) is 13.3 Å². The second kappa shape index (κ2) is 7.28. The molecule has 1 aromatic rings. The summed E-state index contributed by atoms with van der Waals surface area (Å²) >= 11 is 0. The van der Waals surface area contributed by atoms with Gasteiger partial charge in [0, 0.05) is 27.2 Å². The van der Waals surface area contributed by atoms with Crippen molar-refractivity contribution in [2.45, 2.75) is 26.4 Å². The molecule has 0 unspecified atom stereocenters. The van der Waals surface area contributed by atoms with E-state index in [1.807, 2.05) is 13.8 Å². The predicted molar refractivity (Wildman–Crippen MR) is 76.9 cm³/mol. The number of aromatic nitrogens is 3. The maximum atomic E-state index is 12.7. The lowest BCUT2D eigenvalue weighted by molar-refractivity contribution is -0.119. The summed E-state index contributed by atoms with van der Waals surface area (Å²) in [7, 11) is 3.45. The second-order valence-electron chi connectivity index (χ2n) is 4.72. The molecular weight excluding hydrogens is 285 g/mol. The van der Waals surface area contributed by atoms with E-state index < -0.39 is 12.7 Å². The number of anilines is 3. The van der Waals surface area contributed by atoms with Crippen LogP contribution in [0.25, 0.3) is 0 Å². The van der Waals surface area contributed by atoms with E-state index in [-0.39, 0.29) is 18.4 Å². The lowest BCUT2D eigenvalue weighted by Crippen LogP contribution is -2.36. The molecule has 0 saturated carbocycles. The summed E-state index contributed by atoms with van der Waals surface area (Å²) in [5, 5.41) is 2.91. The summed E-state index contributed by atoms with van der Waals surface area (Å²) in [6, 6.07) is 0. The van der Waals surface area contributed by atoms with Crippen molar-refractivity contribution in [1.29, 1.82) is 0 Å². The van der Waals surface area contributed by atoms with E-state index in [1.165, 1.54) is 0 Å². The minimum atomic E-state index is -4.31. The lowest BCUT2D eigenvalue weighted by Gasteiger charge is -2.24. The fourth-order valence-corrected chi connectivity index (χ4v) is 1.67. The van der Waals surface area contributed by atoms with Crippen LogP contribution in [0.5, 0.6) is 0 Å². The van der Waals surface area contributed by atoms with Crippen LogP contribution < -0.4 is 15.1 Å². The Bertz CT molecular complexity index is 449. The Morgan fingerprint density at radius 3 is 2.14 bits per heavy atom. The smallest absolute Gasteiger partial charge is 0.354 e. The Balaban J connectivity index is 3.15. The van der Waals surface area contributed by atoms with Crippen LogP contribution in [0.2, 0.25) is 0 Å². The molecule has 0 amide bonds. The minimum Gasteiger partial charge on any atom is -0.354 e. The molecule has 1 N–H and O–H groups in total. The molecule has 1 aromatic heterocycles. The van der Waals surface area contributed by atoms with Crippen molar-refractivity contribution < 1.29 is 13.2 Å². The van der Waals surface area contributed by atoms with Gasteiger partial charge in [-0.1, -0.05) is 6.92 Å². The fraction of sp³-hybridized carbons (Fsp3) is 0.750. The Labute approximate surface area is 122 Å². The highest BCUT2D eigenvalue weighted by Crippen LogP contribution is 2.22. The van der Waals surface area contributed by atoms with Gasteiger partial charge < -0.3 is 15.1 Å². The fourth-order valence-electron chi connectivity index (χ4n) is 1.67. The van der Waals surface area contributed by atoms with Crippen molar-refractivity contribution in [1.82, 2.24) is 15.0 Å². The van der Waals surface area contributed by atoms with Crippen molar-refractivity contribution in [2.24, 2.45) is 0 Å². The van der Waals surface area contributed by atoms with Crippen molar-refractivity contribution >= 4 is 17.8 Å². The first kappa shape index (κ1) is 17.3. The van der Waals surface area contributed by atoms with Crippen LogP contribution in [0, 0.1) is 0 Å². The highest BCUT2D eigenvalue weighted by atomic mass is 19.4. The van der Waals surface area contributed by atoms with E-state index in [4.69, 9.17) is 0 Å². The van der Waals surface area contributed by atoms with Crippen molar-refractivity contribution in [2.75, 3.05) is 48.8 Å². The third-order valence-electron chi connectivity index (χ3n) is 2.49. The molecule has 0 radical (unpaired) electrons. The molecule has 0 saturated heterocycles. The largest absolute Gasteiger partial charge is 0.406 e. The van der Waals surface area contributed by atoms with E-state index in [0.717, 1.165) is 4.90 Å². The Hall–Kier alpha value is -1.80. The summed E-state index contributed by atoms with van der Waals surface area (Å²) in [5.41, 5.74) is 0. The van der Waals surface area contributed by atoms with Gasteiger partial charge in [-0.2, -0.15) is 28.1 Å². The number of halogens is 3. The van der Waals surface area contributed by atoms with Gasteiger partial charge in [-0.3, -0.25) is 0 Å². The van der Waals surface area contributed by atoms with Crippen molar-refractivity contribution in [3.05, 3.63) is 0 Å². The average Bonchev–Trinajstić information content (AvgIpc) is 2.36. The molecule has 0 aliphatic heterocycles. The third kappa shape index (κ3) is 5.60. The summed E-state index contributed by atoms with van der Waals surface area (Å²) in [6.07, 6.45) is -3.74. The van der Waals surface area contributed by atoms with E-state index >= 15 is 0 Å². The third-order valence-corrected chi connectivity index (χ3v) is 2.49. The summed E-state index contributed by atoms with van der Waals surface area (Å²) in [4.78, 5) is 15.1. The standard InChI is InChI=1S/C12H21F3N6/c1-5-7-21(8-12(13,14)15)11-18-9(16-6-2)17-10(19-11)20(3)4/h5-8H2,1-4H3,(H,16,17,18,19). The molecule has 0 spiro atoms. The van der Waals surface area contributed by atoms with E-state index in [2.05, 4.69) is 20.3 Å². The maximum absolute atomic E-state index is 12.7. The summed E-state index contributed by atoms with van der Waals surface area (Å²) < 4.78 is 38.1. The van der Waals surface area contributed by atoms with Crippen LogP contribution in [-0.4, -0.2) is 54.9 Å². The molecule has 0 atom stereocenters. The first-order valence-electron chi connectivity index (χ1n) is 6.75. The lowest BCUT2D eigenvalue weighted by atomic mass is 10.4. The van der Waals surface area contributed by atoms with Crippen LogP contribution in [0.15, 0.2) is 0 Å². The van der Waals surface area contributed by atoms with Gasteiger partial charge in [0.15, 0.2) is 0 Å². The molecule has 1 rings (SSSR count). The molecule has 0 aromatic carbocycles. The normalized spacial score (nSPS) is 11.4. The van der Waals surface area contributed by atoms with E-state index in [0.29, 0.717) is 18.9 Å². The number of alkyl halides is 3. The molecule has 9 heteroatoms. The highest BCUT2D eigenvalue weighted by Gasteiger charge is 2.32. The van der Waals surface area contributed by atoms with Crippen LogP contribution in [0.1, 0.15) is 20.3 Å². The molecule has 0 aliphatic carbocycles. The zero-order valence-electron chi connectivity index (χ0n) is 12.7. The van der Waals surface area contributed by atoms with E-state index in [1.54, 1.807) is 19.0 Å². The number of nitrogens with zero attached hydrogens (tertiary/aromatic N) is 5.